The lowest BCUT2D eigenvalue weighted by molar-refractivity contribution is -0.155. The summed E-state index contributed by atoms with van der Waals surface area (Å²) in [6.45, 7) is 2.05. The number of carboxylic acids is 3. The third-order valence-corrected chi connectivity index (χ3v) is 7.68. The summed E-state index contributed by atoms with van der Waals surface area (Å²) >= 11 is 0. The predicted molar refractivity (Wildman–Crippen MR) is 143 cm³/mol. The zero-order chi connectivity index (χ0) is 29.0. The van der Waals surface area contributed by atoms with Crippen molar-refractivity contribution in [3.63, 3.8) is 0 Å². The number of aliphatic carboxylic acids is 3. The molecule has 0 aromatic rings. The second-order valence-corrected chi connectivity index (χ2v) is 11.5. The van der Waals surface area contributed by atoms with Crippen molar-refractivity contribution in [3.8, 4) is 0 Å². The highest BCUT2D eigenvalue weighted by molar-refractivity contribution is 7.87. The van der Waals surface area contributed by atoms with Crippen molar-refractivity contribution in [2.75, 3.05) is 6.54 Å². The number of unbranched alkanes of at least 4 members (excludes halogenated alkanes) is 15. The van der Waals surface area contributed by atoms with Crippen LogP contribution in [0.15, 0.2) is 0 Å². The van der Waals surface area contributed by atoms with Crippen LogP contribution in [0.1, 0.15) is 122 Å². The highest BCUT2D eigenvalue weighted by Gasteiger charge is 2.38. The normalized spacial score (nSPS) is 13.1. The monoisotopic (exact) mass is 565 g/mol. The summed E-state index contributed by atoms with van der Waals surface area (Å²) in [5.74, 6) is -6.21. The first kappa shape index (κ1) is 35.8. The van der Waals surface area contributed by atoms with Crippen LogP contribution < -0.4 is 0 Å². The van der Waals surface area contributed by atoms with Crippen LogP contribution >= 0.6 is 0 Å². The van der Waals surface area contributed by atoms with E-state index in [4.69, 9.17) is 14.8 Å². The Morgan fingerprint density at radius 1 is 0.632 bits per heavy atom. The molecule has 0 rings (SSSR count). The number of amides is 1. The molecule has 0 radical (unpaired) electrons. The lowest BCUT2D eigenvalue weighted by Gasteiger charge is -2.29. The Balaban J connectivity index is 4.47. The molecule has 0 aliphatic heterocycles. The zero-order valence-corrected chi connectivity index (χ0v) is 23.5. The average Bonchev–Trinajstić information content (AvgIpc) is 2.82. The van der Waals surface area contributed by atoms with E-state index in [1.807, 2.05) is 0 Å². The first-order chi connectivity index (χ1) is 17.9. The van der Waals surface area contributed by atoms with E-state index >= 15 is 0 Å². The summed E-state index contributed by atoms with van der Waals surface area (Å²) in [6.07, 6.45) is 15.7. The van der Waals surface area contributed by atoms with Crippen molar-refractivity contribution in [3.05, 3.63) is 0 Å². The van der Waals surface area contributed by atoms with Crippen LogP contribution in [0.25, 0.3) is 0 Å². The number of carbonyl (C=O) groups excluding carboxylic acids is 1. The summed E-state index contributed by atoms with van der Waals surface area (Å²) in [5.41, 5.74) is 0. The third-order valence-electron chi connectivity index (χ3n) is 6.60. The third kappa shape index (κ3) is 17.3. The maximum absolute atomic E-state index is 12.7. The Kier molecular flexibility index (Phi) is 19.5. The van der Waals surface area contributed by atoms with E-state index in [1.165, 1.54) is 64.2 Å². The number of hydrogen-bond acceptors (Lipinski definition) is 6. The minimum atomic E-state index is -5.12. The standard InChI is InChI=1S/C26H47NO10S/c1-2-3-4-5-6-7-8-9-10-11-12-13-14-15-16-17-18-27(21(25(31)32)19-24(29)30)23(28)20-22(26(33)34)38(35,36)37/h21-22H,2-20H2,1H3,(H,29,30)(H,31,32)(H,33,34)(H,35,36,37). The number of nitrogens with zero attached hydrogens (tertiary/aromatic N) is 1. The molecule has 0 saturated heterocycles. The molecule has 0 aliphatic rings. The van der Waals surface area contributed by atoms with Crippen LogP contribution in [0, 0.1) is 0 Å². The van der Waals surface area contributed by atoms with E-state index in [0.29, 0.717) is 17.7 Å². The van der Waals surface area contributed by atoms with Gasteiger partial charge in [-0.3, -0.25) is 18.9 Å². The molecular weight excluding hydrogens is 518 g/mol. The molecule has 0 saturated carbocycles. The topological polar surface area (TPSA) is 187 Å². The molecule has 11 nitrogen and oxygen atoms in total. The van der Waals surface area contributed by atoms with Gasteiger partial charge in [0, 0.05) is 6.54 Å². The van der Waals surface area contributed by atoms with E-state index in [1.54, 1.807) is 0 Å². The van der Waals surface area contributed by atoms with E-state index < -0.39 is 58.1 Å². The van der Waals surface area contributed by atoms with Crippen LogP contribution in [-0.2, 0) is 29.3 Å². The van der Waals surface area contributed by atoms with Crippen LogP contribution in [-0.4, -0.2) is 74.8 Å². The molecular formula is C26H47NO10S. The molecule has 0 fully saturated rings. The molecule has 0 bridgehead atoms. The lowest BCUT2D eigenvalue weighted by atomic mass is 10.0. The molecule has 0 aliphatic carbocycles. The lowest BCUT2D eigenvalue weighted by Crippen LogP contribution is -2.48. The number of rotatable bonds is 25. The van der Waals surface area contributed by atoms with Crippen LogP contribution in [0.5, 0.6) is 0 Å². The Hall–Kier alpha value is -2.21. The first-order valence-corrected chi connectivity index (χ1v) is 15.3. The SMILES string of the molecule is CCCCCCCCCCCCCCCCCCN(C(=O)CC(C(=O)O)S(=O)(=O)O)C(CC(=O)O)C(=O)O. The molecule has 0 spiro atoms. The molecule has 0 aromatic carbocycles. The molecule has 4 N–H and O–H groups in total. The molecule has 0 aromatic heterocycles. The predicted octanol–water partition coefficient (Wildman–Crippen LogP) is 4.74. The van der Waals surface area contributed by atoms with Gasteiger partial charge in [0.15, 0.2) is 5.25 Å². The van der Waals surface area contributed by atoms with E-state index in [0.717, 1.165) is 25.7 Å². The maximum Gasteiger partial charge on any atom is 0.327 e. The Morgan fingerprint density at radius 3 is 1.34 bits per heavy atom. The van der Waals surface area contributed by atoms with Crippen LogP contribution in [0.3, 0.4) is 0 Å². The molecule has 2 unspecified atom stereocenters. The van der Waals surface area contributed by atoms with E-state index in [-0.39, 0.29) is 6.54 Å². The van der Waals surface area contributed by atoms with Crippen molar-refractivity contribution in [2.45, 2.75) is 134 Å². The molecule has 0 heterocycles. The summed E-state index contributed by atoms with van der Waals surface area (Å²) < 4.78 is 31.8. The number of carbonyl (C=O) groups is 4. The van der Waals surface area contributed by atoms with Gasteiger partial charge in [0.05, 0.1) is 12.8 Å². The summed E-state index contributed by atoms with van der Waals surface area (Å²) in [4.78, 5) is 47.3. The Bertz CT molecular complexity index is 815. The van der Waals surface area contributed by atoms with Gasteiger partial charge in [-0.1, -0.05) is 103 Å². The quantitative estimate of drug-likeness (QED) is 0.0889. The van der Waals surface area contributed by atoms with Crippen molar-refractivity contribution >= 4 is 33.9 Å². The van der Waals surface area contributed by atoms with Crippen LogP contribution in [0.4, 0.5) is 0 Å². The fourth-order valence-corrected chi connectivity index (χ4v) is 4.98. The Morgan fingerprint density at radius 2 is 1.03 bits per heavy atom. The van der Waals surface area contributed by atoms with Gasteiger partial charge in [0.1, 0.15) is 6.04 Å². The first-order valence-electron chi connectivity index (χ1n) is 13.8. The number of hydrogen-bond donors (Lipinski definition) is 4. The van der Waals surface area contributed by atoms with Crippen molar-refractivity contribution in [1.29, 1.82) is 0 Å². The minimum absolute atomic E-state index is 0.167. The fraction of sp³-hybridized carbons (Fsp3) is 0.846. The van der Waals surface area contributed by atoms with Crippen LogP contribution in [0.2, 0.25) is 0 Å². The van der Waals surface area contributed by atoms with Gasteiger partial charge in [-0.2, -0.15) is 8.42 Å². The van der Waals surface area contributed by atoms with Gasteiger partial charge in [0.25, 0.3) is 10.1 Å². The van der Waals surface area contributed by atoms with Gasteiger partial charge in [-0.05, 0) is 6.42 Å². The molecule has 1 amide bonds. The van der Waals surface area contributed by atoms with Crippen molar-refractivity contribution < 1.29 is 47.5 Å². The number of carboxylic acid groups (broad SMARTS) is 3. The molecule has 12 heteroatoms. The van der Waals surface area contributed by atoms with Gasteiger partial charge in [0.2, 0.25) is 5.91 Å². The zero-order valence-electron chi connectivity index (χ0n) is 22.7. The van der Waals surface area contributed by atoms with Crippen molar-refractivity contribution in [2.24, 2.45) is 0 Å². The minimum Gasteiger partial charge on any atom is -0.481 e. The van der Waals surface area contributed by atoms with E-state index in [2.05, 4.69) is 6.92 Å². The maximum atomic E-state index is 12.7. The van der Waals surface area contributed by atoms with Gasteiger partial charge >= 0.3 is 17.9 Å². The second kappa shape index (κ2) is 20.7. The Labute approximate surface area is 226 Å². The molecule has 222 valence electrons. The summed E-state index contributed by atoms with van der Waals surface area (Å²) in [5, 5.41) is 25.0. The van der Waals surface area contributed by atoms with Gasteiger partial charge < -0.3 is 20.2 Å². The smallest absolute Gasteiger partial charge is 0.327 e. The average molecular weight is 566 g/mol. The van der Waals surface area contributed by atoms with Gasteiger partial charge in [-0.25, -0.2) is 4.79 Å². The molecule has 2 atom stereocenters. The van der Waals surface area contributed by atoms with Crippen molar-refractivity contribution in [1.82, 2.24) is 4.90 Å². The summed E-state index contributed by atoms with van der Waals surface area (Å²) in [7, 11) is -5.12. The summed E-state index contributed by atoms with van der Waals surface area (Å²) in [6, 6.07) is -1.79. The fourth-order valence-electron chi connectivity index (χ4n) is 4.38. The largest absolute Gasteiger partial charge is 0.481 e. The second-order valence-electron chi connectivity index (χ2n) is 9.89. The highest BCUT2D eigenvalue weighted by Crippen LogP contribution is 2.17. The van der Waals surface area contributed by atoms with Gasteiger partial charge in [-0.15, -0.1) is 0 Å². The van der Waals surface area contributed by atoms with E-state index in [9.17, 15) is 32.7 Å². The highest BCUT2D eigenvalue weighted by atomic mass is 32.2. The molecule has 38 heavy (non-hydrogen) atoms.